The first-order valence-corrected chi connectivity index (χ1v) is 8.22. The molecule has 7 nitrogen and oxygen atoms in total. The largest absolute Gasteiger partial charge is 0.459 e. The van der Waals surface area contributed by atoms with E-state index in [2.05, 4.69) is 15.5 Å². The Morgan fingerprint density at radius 3 is 2.77 bits per heavy atom. The van der Waals surface area contributed by atoms with Crippen molar-refractivity contribution in [3.63, 3.8) is 0 Å². The molecule has 0 aliphatic heterocycles. The van der Waals surface area contributed by atoms with Crippen molar-refractivity contribution >= 4 is 16.9 Å². The number of carbonyl (C=O) groups is 1. The van der Waals surface area contributed by atoms with Crippen LogP contribution in [0.3, 0.4) is 0 Å². The average molecular weight is 347 g/mol. The molecule has 26 heavy (non-hydrogen) atoms. The summed E-state index contributed by atoms with van der Waals surface area (Å²) in [5.74, 6) is 0.645. The summed E-state index contributed by atoms with van der Waals surface area (Å²) in [5.41, 5.74) is 2.10. The molecule has 0 radical (unpaired) electrons. The lowest BCUT2D eigenvalue weighted by Gasteiger charge is -2.23. The minimum atomic E-state index is -0.202. The Balaban J connectivity index is 1.60. The SMILES string of the molecule is CC(c1cc2ccccc2o1)N(C)C(=O)c1cccc(-n2cnnn2)c1. The van der Waals surface area contributed by atoms with Crippen LogP contribution in [0.4, 0.5) is 0 Å². The number of aromatic nitrogens is 4. The van der Waals surface area contributed by atoms with E-state index < -0.39 is 0 Å². The van der Waals surface area contributed by atoms with E-state index in [9.17, 15) is 4.79 Å². The number of hydrogen-bond acceptors (Lipinski definition) is 5. The van der Waals surface area contributed by atoms with Gasteiger partial charge in [-0.05, 0) is 47.7 Å². The molecule has 0 fully saturated rings. The van der Waals surface area contributed by atoms with Gasteiger partial charge in [0.15, 0.2) is 0 Å². The highest BCUT2D eigenvalue weighted by atomic mass is 16.3. The van der Waals surface area contributed by atoms with Crippen molar-refractivity contribution in [2.75, 3.05) is 7.05 Å². The van der Waals surface area contributed by atoms with Gasteiger partial charge in [-0.25, -0.2) is 4.68 Å². The lowest BCUT2D eigenvalue weighted by atomic mass is 10.1. The summed E-state index contributed by atoms with van der Waals surface area (Å²) in [4.78, 5) is 14.6. The molecule has 4 rings (SSSR count). The highest BCUT2D eigenvalue weighted by Crippen LogP contribution is 2.27. The molecule has 2 aromatic heterocycles. The van der Waals surface area contributed by atoms with Crippen LogP contribution in [-0.4, -0.2) is 38.1 Å². The Hall–Kier alpha value is -3.48. The fraction of sp³-hybridized carbons (Fsp3) is 0.158. The minimum absolute atomic E-state index is 0.104. The molecule has 0 saturated carbocycles. The first kappa shape index (κ1) is 16.0. The molecule has 0 bridgehead atoms. The second-order valence-corrected chi connectivity index (χ2v) is 6.08. The Bertz CT molecular complexity index is 1020. The monoisotopic (exact) mass is 347 g/mol. The lowest BCUT2D eigenvalue weighted by molar-refractivity contribution is 0.0727. The molecular formula is C19H17N5O2. The molecule has 0 aliphatic rings. The van der Waals surface area contributed by atoms with Crippen LogP contribution in [0.5, 0.6) is 0 Å². The summed E-state index contributed by atoms with van der Waals surface area (Å²) in [6, 6.07) is 16.8. The van der Waals surface area contributed by atoms with Crippen LogP contribution in [-0.2, 0) is 0 Å². The molecule has 130 valence electrons. The Labute approximate surface area is 149 Å². The van der Waals surface area contributed by atoms with Crippen LogP contribution in [0.15, 0.2) is 65.3 Å². The maximum Gasteiger partial charge on any atom is 0.254 e. The second kappa shape index (κ2) is 6.44. The second-order valence-electron chi connectivity index (χ2n) is 6.08. The van der Waals surface area contributed by atoms with Crippen molar-refractivity contribution < 1.29 is 9.21 Å². The lowest BCUT2D eigenvalue weighted by Crippen LogP contribution is -2.29. The normalized spacial score (nSPS) is 12.2. The fourth-order valence-electron chi connectivity index (χ4n) is 2.84. The smallest absolute Gasteiger partial charge is 0.254 e. The molecule has 1 amide bonds. The zero-order chi connectivity index (χ0) is 18.1. The predicted molar refractivity (Wildman–Crippen MR) is 95.9 cm³/mol. The third-order valence-electron chi connectivity index (χ3n) is 4.46. The van der Waals surface area contributed by atoms with Gasteiger partial charge in [0.05, 0.1) is 11.7 Å². The number of hydrogen-bond donors (Lipinski definition) is 0. The summed E-state index contributed by atoms with van der Waals surface area (Å²) >= 11 is 0. The van der Waals surface area contributed by atoms with Gasteiger partial charge >= 0.3 is 0 Å². The zero-order valence-electron chi connectivity index (χ0n) is 14.4. The van der Waals surface area contributed by atoms with Crippen molar-refractivity contribution in [2.45, 2.75) is 13.0 Å². The van der Waals surface area contributed by atoms with Crippen molar-refractivity contribution in [3.05, 3.63) is 72.2 Å². The van der Waals surface area contributed by atoms with Crippen molar-refractivity contribution in [3.8, 4) is 5.69 Å². The van der Waals surface area contributed by atoms with E-state index in [0.29, 0.717) is 5.56 Å². The van der Waals surface area contributed by atoms with Gasteiger partial charge in [0.25, 0.3) is 5.91 Å². The number of rotatable bonds is 4. The highest BCUT2D eigenvalue weighted by molar-refractivity contribution is 5.95. The maximum absolute atomic E-state index is 12.9. The van der Waals surface area contributed by atoms with Crippen LogP contribution in [0.2, 0.25) is 0 Å². The molecular weight excluding hydrogens is 330 g/mol. The number of tetrazole rings is 1. The summed E-state index contributed by atoms with van der Waals surface area (Å²) in [6.07, 6.45) is 1.49. The van der Waals surface area contributed by atoms with Crippen LogP contribution < -0.4 is 0 Å². The zero-order valence-corrected chi connectivity index (χ0v) is 14.4. The number of benzene rings is 2. The first-order valence-electron chi connectivity index (χ1n) is 8.22. The summed E-state index contributed by atoms with van der Waals surface area (Å²) in [7, 11) is 1.77. The van der Waals surface area contributed by atoms with E-state index in [-0.39, 0.29) is 11.9 Å². The molecule has 1 unspecified atom stereocenters. The van der Waals surface area contributed by atoms with E-state index >= 15 is 0 Å². The van der Waals surface area contributed by atoms with Crippen LogP contribution >= 0.6 is 0 Å². The number of para-hydroxylation sites is 1. The number of carbonyl (C=O) groups excluding carboxylic acids is 1. The summed E-state index contributed by atoms with van der Waals surface area (Å²) < 4.78 is 7.41. The van der Waals surface area contributed by atoms with Crippen molar-refractivity contribution in [1.29, 1.82) is 0 Å². The molecule has 0 aliphatic carbocycles. The van der Waals surface area contributed by atoms with E-state index in [0.717, 1.165) is 22.4 Å². The van der Waals surface area contributed by atoms with E-state index in [1.807, 2.05) is 49.4 Å². The van der Waals surface area contributed by atoms with Crippen molar-refractivity contribution in [2.24, 2.45) is 0 Å². The molecule has 2 aromatic carbocycles. The molecule has 2 heterocycles. The fourth-order valence-corrected chi connectivity index (χ4v) is 2.84. The molecule has 0 N–H and O–H groups in total. The van der Waals surface area contributed by atoms with E-state index in [4.69, 9.17) is 4.42 Å². The Morgan fingerprint density at radius 1 is 1.15 bits per heavy atom. The molecule has 1 atom stereocenters. The third-order valence-corrected chi connectivity index (χ3v) is 4.46. The van der Waals surface area contributed by atoms with Gasteiger partial charge in [-0.1, -0.05) is 24.3 Å². The van der Waals surface area contributed by atoms with E-state index in [1.54, 1.807) is 24.1 Å². The molecule has 0 spiro atoms. The average Bonchev–Trinajstić information content (AvgIpc) is 3.36. The van der Waals surface area contributed by atoms with Gasteiger partial charge in [-0.15, -0.1) is 5.10 Å². The third kappa shape index (κ3) is 2.83. The number of amides is 1. The number of nitrogens with zero attached hydrogens (tertiary/aromatic N) is 5. The summed E-state index contributed by atoms with van der Waals surface area (Å²) in [5, 5.41) is 12.1. The van der Waals surface area contributed by atoms with Gasteiger partial charge in [0, 0.05) is 18.0 Å². The van der Waals surface area contributed by atoms with Crippen LogP contribution in [0.25, 0.3) is 16.7 Å². The van der Waals surface area contributed by atoms with Gasteiger partial charge in [0.1, 0.15) is 17.7 Å². The van der Waals surface area contributed by atoms with Gasteiger partial charge in [-0.3, -0.25) is 4.79 Å². The van der Waals surface area contributed by atoms with E-state index in [1.165, 1.54) is 11.0 Å². The van der Waals surface area contributed by atoms with Crippen LogP contribution in [0, 0.1) is 0 Å². The van der Waals surface area contributed by atoms with Gasteiger partial charge < -0.3 is 9.32 Å². The quantitative estimate of drug-likeness (QED) is 0.566. The van der Waals surface area contributed by atoms with Crippen LogP contribution in [0.1, 0.15) is 29.1 Å². The van der Waals surface area contributed by atoms with Gasteiger partial charge in [0.2, 0.25) is 0 Å². The molecule has 7 heteroatoms. The maximum atomic E-state index is 12.9. The summed E-state index contributed by atoms with van der Waals surface area (Å²) in [6.45, 7) is 1.95. The standard InChI is InChI=1S/C19H17N5O2/c1-13(18-11-14-6-3-4-9-17(14)26-18)23(2)19(25)15-7-5-8-16(10-15)24-12-20-21-22-24/h3-13H,1-2H3. The number of furan rings is 1. The molecule has 0 saturated heterocycles. The first-order chi connectivity index (χ1) is 12.6. The van der Waals surface area contributed by atoms with Gasteiger partial charge in [-0.2, -0.15) is 0 Å². The number of fused-ring (bicyclic) bond motifs is 1. The minimum Gasteiger partial charge on any atom is -0.459 e. The Kier molecular flexibility index (Phi) is 3.96. The highest BCUT2D eigenvalue weighted by Gasteiger charge is 2.22. The topological polar surface area (TPSA) is 77.0 Å². The predicted octanol–water partition coefficient (Wildman–Crippen LogP) is 3.24. The Morgan fingerprint density at radius 2 is 2.00 bits per heavy atom. The van der Waals surface area contributed by atoms with Crippen molar-refractivity contribution in [1.82, 2.24) is 25.1 Å². The molecule has 4 aromatic rings.